The highest BCUT2D eigenvalue weighted by molar-refractivity contribution is 7.91. The molecule has 1 unspecified atom stereocenters. The summed E-state index contributed by atoms with van der Waals surface area (Å²) < 4.78 is 36.3. The molecule has 1 amide bonds. The molecule has 1 aromatic carbocycles. The number of fused-ring (bicyclic) bond motifs is 1. The summed E-state index contributed by atoms with van der Waals surface area (Å²) in [6.45, 7) is 3.33. The fourth-order valence-electron chi connectivity index (χ4n) is 3.35. The van der Waals surface area contributed by atoms with Crippen molar-refractivity contribution in [1.82, 2.24) is 10.2 Å². The van der Waals surface area contributed by atoms with E-state index in [0.717, 1.165) is 19.4 Å². The smallest absolute Gasteiger partial charge is 0.223 e. The molecule has 27 heavy (non-hydrogen) atoms. The van der Waals surface area contributed by atoms with Crippen LogP contribution in [-0.2, 0) is 14.6 Å². The number of halogens is 1. The third kappa shape index (κ3) is 5.49. The summed E-state index contributed by atoms with van der Waals surface area (Å²) in [5.41, 5.74) is 0. The minimum atomic E-state index is -3.55. The summed E-state index contributed by atoms with van der Waals surface area (Å²) in [5.74, 6) is 1.16. The maximum absolute atomic E-state index is 12.6. The molecule has 3 rings (SSSR count). The van der Waals surface area contributed by atoms with Crippen molar-refractivity contribution in [3.8, 4) is 11.5 Å². The molecule has 0 bridgehead atoms. The van der Waals surface area contributed by atoms with Gasteiger partial charge in [-0.15, -0.1) is 12.4 Å². The number of likely N-dealkylation sites (tertiary alicyclic amines) is 1. The van der Waals surface area contributed by atoms with Crippen LogP contribution in [0.5, 0.6) is 11.5 Å². The van der Waals surface area contributed by atoms with E-state index in [1.54, 1.807) is 11.0 Å². The summed E-state index contributed by atoms with van der Waals surface area (Å²) in [6.07, 6.45) is 1.72. The highest BCUT2D eigenvalue weighted by Crippen LogP contribution is 2.32. The van der Waals surface area contributed by atoms with Gasteiger partial charge in [-0.1, -0.05) is 0 Å². The van der Waals surface area contributed by atoms with Crippen LogP contribution in [-0.4, -0.2) is 64.9 Å². The average molecular weight is 419 g/mol. The van der Waals surface area contributed by atoms with E-state index < -0.39 is 9.84 Å². The van der Waals surface area contributed by atoms with Crippen LogP contribution in [0, 0.1) is 5.92 Å². The zero-order valence-corrected chi connectivity index (χ0v) is 17.1. The van der Waals surface area contributed by atoms with Crippen molar-refractivity contribution >= 4 is 28.2 Å². The van der Waals surface area contributed by atoms with Crippen molar-refractivity contribution < 1.29 is 22.7 Å². The summed E-state index contributed by atoms with van der Waals surface area (Å²) in [5, 5.41) is 3.12. The van der Waals surface area contributed by atoms with Crippen LogP contribution in [0.4, 0.5) is 0 Å². The van der Waals surface area contributed by atoms with E-state index in [0.29, 0.717) is 43.7 Å². The molecule has 2 heterocycles. The number of carbonyl (C=O) groups excluding carboxylic acids is 1. The maximum Gasteiger partial charge on any atom is 0.223 e. The van der Waals surface area contributed by atoms with Gasteiger partial charge in [0.05, 0.1) is 23.9 Å². The lowest BCUT2D eigenvalue weighted by atomic mass is 10.1. The molecule has 1 N–H and O–H groups in total. The average Bonchev–Trinajstić information content (AvgIpc) is 2.96. The summed E-state index contributed by atoms with van der Waals surface area (Å²) in [6, 6.07) is 4.64. The first-order valence-corrected chi connectivity index (χ1v) is 10.7. The monoisotopic (exact) mass is 418 g/mol. The van der Waals surface area contributed by atoms with Gasteiger partial charge < -0.3 is 19.7 Å². The van der Waals surface area contributed by atoms with Crippen LogP contribution in [0.2, 0.25) is 0 Å². The number of nitrogens with one attached hydrogen (secondary N) is 1. The van der Waals surface area contributed by atoms with Crippen molar-refractivity contribution in [2.75, 3.05) is 45.6 Å². The first-order valence-electron chi connectivity index (χ1n) is 9.04. The molecular weight excluding hydrogens is 392 g/mol. The van der Waals surface area contributed by atoms with E-state index in [1.165, 1.54) is 12.1 Å². The van der Waals surface area contributed by atoms with Crippen molar-refractivity contribution in [3.63, 3.8) is 0 Å². The number of amides is 1. The SMILES string of the molecule is CNCC1CCN(C(=O)CCS(=O)(=O)c2ccc3c(c2)OCCCO3)C1.Cl. The van der Waals surface area contributed by atoms with Crippen LogP contribution in [0.15, 0.2) is 23.1 Å². The fourth-order valence-corrected chi connectivity index (χ4v) is 4.59. The third-order valence-corrected chi connectivity index (χ3v) is 6.51. The molecule has 1 saturated heterocycles. The number of ether oxygens (including phenoxy) is 2. The molecule has 0 radical (unpaired) electrons. The number of hydrogen-bond donors (Lipinski definition) is 1. The molecule has 9 heteroatoms. The molecule has 1 aromatic rings. The van der Waals surface area contributed by atoms with Crippen molar-refractivity contribution in [3.05, 3.63) is 18.2 Å². The second-order valence-electron chi connectivity index (χ2n) is 6.78. The molecule has 0 aliphatic carbocycles. The number of sulfone groups is 1. The Morgan fingerprint density at radius 1 is 1.26 bits per heavy atom. The zero-order valence-electron chi connectivity index (χ0n) is 15.5. The van der Waals surface area contributed by atoms with Gasteiger partial charge in [0.15, 0.2) is 21.3 Å². The highest BCUT2D eigenvalue weighted by Gasteiger charge is 2.27. The molecule has 2 aliphatic rings. The van der Waals surface area contributed by atoms with Crippen LogP contribution < -0.4 is 14.8 Å². The number of carbonyl (C=O) groups is 1. The number of benzene rings is 1. The Kier molecular flexibility index (Phi) is 7.76. The van der Waals surface area contributed by atoms with E-state index >= 15 is 0 Å². The lowest BCUT2D eigenvalue weighted by Gasteiger charge is -2.16. The summed E-state index contributed by atoms with van der Waals surface area (Å²) in [7, 11) is -1.65. The first-order chi connectivity index (χ1) is 12.5. The molecule has 2 aliphatic heterocycles. The van der Waals surface area contributed by atoms with Gasteiger partial charge >= 0.3 is 0 Å². The molecule has 1 fully saturated rings. The molecule has 7 nitrogen and oxygen atoms in total. The predicted octanol–water partition coefficient (Wildman–Crippen LogP) is 1.50. The number of rotatable bonds is 6. The Labute approximate surface area is 166 Å². The second kappa shape index (κ2) is 9.61. The standard InChI is InChI=1S/C18H26N2O5S.ClH/c1-19-12-14-5-7-20(13-14)18(21)6-10-26(22,23)15-3-4-16-17(11-15)25-9-2-8-24-16;/h3-4,11,14,19H,2,5-10,12-13H2,1H3;1H. The topological polar surface area (TPSA) is 84.9 Å². The molecule has 152 valence electrons. The van der Waals surface area contributed by atoms with E-state index in [-0.39, 0.29) is 35.4 Å². The van der Waals surface area contributed by atoms with Gasteiger partial charge in [0.25, 0.3) is 0 Å². The minimum Gasteiger partial charge on any atom is -0.490 e. The van der Waals surface area contributed by atoms with E-state index in [9.17, 15) is 13.2 Å². The maximum atomic E-state index is 12.6. The first kappa shape index (κ1) is 21.8. The van der Waals surface area contributed by atoms with Gasteiger partial charge in [-0.3, -0.25) is 4.79 Å². The molecular formula is C18H27ClN2O5S. The van der Waals surface area contributed by atoms with Crippen LogP contribution in [0.1, 0.15) is 19.3 Å². The number of nitrogens with zero attached hydrogens (tertiary/aromatic N) is 1. The Bertz CT molecular complexity index is 756. The van der Waals surface area contributed by atoms with Crippen LogP contribution in [0.25, 0.3) is 0 Å². The lowest BCUT2D eigenvalue weighted by molar-refractivity contribution is -0.129. The third-order valence-electron chi connectivity index (χ3n) is 4.79. The van der Waals surface area contributed by atoms with E-state index in [2.05, 4.69) is 5.32 Å². The van der Waals surface area contributed by atoms with Gasteiger partial charge in [-0.2, -0.15) is 0 Å². The largest absolute Gasteiger partial charge is 0.490 e. The molecule has 1 atom stereocenters. The van der Waals surface area contributed by atoms with Crippen LogP contribution >= 0.6 is 12.4 Å². The fraction of sp³-hybridized carbons (Fsp3) is 0.611. The van der Waals surface area contributed by atoms with Crippen molar-refractivity contribution in [2.45, 2.75) is 24.2 Å². The zero-order chi connectivity index (χ0) is 18.6. The Morgan fingerprint density at radius 2 is 2.00 bits per heavy atom. The van der Waals surface area contributed by atoms with Gasteiger partial charge in [0.1, 0.15) is 0 Å². The Hall–Kier alpha value is -1.51. The molecule has 0 aromatic heterocycles. The Balaban J connectivity index is 0.00000261. The van der Waals surface area contributed by atoms with Gasteiger partial charge in [-0.25, -0.2) is 8.42 Å². The quantitative estimate of drug-likeness (QED) is 0.753. The van der Waals surface area contributed by atoms with Gasteiger partial charge in [0.2, 0.25) is 5.91 Å². The van der Waals surface area contributed by atoms with E-state index in [4.69, 9.17) is 9.47 Å². The summed E-state index contributed by atoms with van der Waals surface area (Å²) in [4.78, 5) is 14.3. The summed E-state index contributed by atoms with van der Waals surface area (Å²) >= 11 is 0. The van der Waals surface area contributed by atoms with E-state index in [1.807, 2.05) is 7.05 Å². The highest BCUT2D eigenvalue weighted by atomic mass is 35.5. The Morgan fingerprint density at radius 3 is 2.74 bits per heavy atom. The second-order valence-corrected chi connectivity index (χ2v) is 8.89. The lowest BCUT2D eigenvalue weighted by Crippen LogP contribution is -2.31. The molecule has 0 spiro atoms. The van der Waals surface area contributed by atoms with Gasteiger partial charge in [-0.05, 0) is 38.1 Å². The normalized spacial score (nSPS) is 19.3. The van der Waals surface area contributed by atoms with Gasteiger partial charge in [0, 0.05) is 32.0 Å². The number of hydrogen-bond acceptors (Lipinski definition) is 6. The van der Waals surface area contributed by atoms with Crippen molar-refractivity contribution in [2.24, 2.45) is 5.92 Å². The van der Waals surface area contributed by atoms with Crippen molar-refractivity contribution in [1.29, 1.82) is 0 Å². The van der Waals surface area contributed by atoms with Crippen LogP contribution in [0.3, 0.4) is 0 Å². The predicted molar refractivity (Wildman–Crippen MR) is 105 cm³/mol. The minimum absolute atomic E-state index is 0. The molecule has 0 saturated carbocycles.